The molecule has 0 bridgehead atoms. The summed E-state index contributed by atoms with van der Waals surface area (Å²) in [6, 6.07) is 7.87. The summed E-state index contributed by atoms with van der Waals surface area (Å²) in [5.41, 5.74) is 2.27. The average Bonchev–Trinajstić information content (AvgIpc) is 2.60. The van der Waals surface area contributed by atoms with E-state index in [1.54, 1.807) is 7.11 Å². The molecule has 0 amide bonds. The SMILES string of the molecule is COc1ccc(C#N)cc1CN1CCCC(C)(C)CC1. The highest BCUT2D eigenvalue weighted by Crippen LogP contribution is 2.31. The third-order valence-corrected chi connectivity index (χ3v) is 4.24. The quantitative estimate of drug-likeness (QED) is 0.844. The molecule has 1 aromatic rings. The second-order valence-electron chi connectivity index (χ2n) is 6.43. The summed E-state index contributed by atoms with van der Waals surface area (Å²) >= 11 is 0. The van der Waals surface area contributed by atoms with Crippen molar-refractivity contribution < 1.29 is 4.74 Å². The molecule has 0 N–H and O–H groups in total. The minimum Gasteiger partial charge on any atom is -0.496 e. The monoisotopic (exact) mass is 272 g/mol. The standard InChI is InChI=1S/C17H24N2O/c1-17(2)7-4-9-19(10-8-17)13-15-11-14(12-18)5-6-16(15)20-3/h5-6,11H,4,7-10,13H2,1-3H3. The number of rotatable bonds is 3. The number of hydrogen-bond acceptors (Lipinski definition) is 3. The molecule has 1 fully saturated rings. The van der Waals surface area contributed by atoms with Crippen LogP contribution in [0.4, 0.5) is 0 Å². The number of benzene rings is 1. The highest BCUT2D eigenvalue weighted by Gasteiger charge is 2.23. The molecule has 20 heavy (non-hydrogen) atoms. The first-order valence-corrected chi connectivity index (χ1v) is 7.33. The van der Waals surface area contributed by atoms with Crippen molar-refractivity contribution in [3.8, 4) is 11.8 Å². The van der Waals surface area contributed by atoms with E-state index in [9.17, 15) is 0 Å². The van der Waals surface area contributed by atoms with Crippen LogP contribution in [0.3, 0.4) is 0 Å². The zero-order valence-electron chi connectivity index (χ0n) is 12.8. The predicted octanol–water partition coefficient (Wildman–Crippen LogP) is 3.58. The Bertz CT molecular complexity index is 502. The molecule has 1 aromatic carbocycles. The van der Waals surface area contributed by atoms with Crippen LogP contribution in [0.1, 0.15) is 44.2 Å². The molecule has 108 valence electrons. The fraction of sp³-hybridized carbons (Fsp3) is 0.588. The lowest BCUT2D eigenvalue weighted by Crippen LogP contribution is -2.25. The van der Waals surface area contributed by atoms with Crippen molar-refractivity contribution >= 4 is 0 Å². The highest BCUT2D eigenvalue weighted by molar-refractivity contribution is 5.42. The molecule has 0 aromatic heterocycles. The van der Waals surface area contributed by atoms with Crippen LogP contribution in [0, 0.1) is 16.7 Å². The van der Waals surface area contributed by atoms with Crippen molar-refractivity contribution in [1.29, 1.82) is 5.26 Å². The Labute approximate surface area is 122 Å². The van der Waals surface area contributed by atoms with Crippen molar-refractivity contribution in [1.82, 2.24) is 4.90 Å². The summed E-state index contributed by atoms with van der Waals surface area (Å²) < 4.78 is 5.42. The lowest BCUT2D eigenvalue weighted by molar-refractivity contribution is 0.252. The molecule has 1 aliphatic heterocycles. The minimum absolute atomic E-state index is 0.452. The van der Waals surface area contributed by atoms with Crippen LogP contribution in [0.15, 0.2) is 18.2 Å². The van der Waals surface area contributed by atoms with Crippen LogP contribution in [-0.2, 0) is 6.54 Å². The van der Waals surface area contributed by atoms with E-state index in [1.807, 2.05) is 18.2 Å². The third-order valence-electron chi connectivity index (χ3n) is 4.24. The molecule has 0 saturated carbocycles. The second kappa shape index (κ2) is 6.28. The molecule has 0 radical (unpaired) electrons. The summed E-state index contributed by atoms with van der Waals surface area (Å²) in [6.07, 6.45) is 3.76. The minimum atomic E-state index is 0.452. The summed E-state index contributed by atoms with van der Waals surface area (Å²) in [4.78, 5) is 2.48. The molecule has 0 atom stereocenters. The van der Waals surface area contributed by atoms with Crippen LogP contribution in [-0.4, -0.2) is 25.1 Å². The Morgan fingerprint density at radius 3 is 2.80 bits per heavy atom. The summed E-state index contributed by atoms with van der Waals surface area (Å²) in [6.45, 7) is 7.83. The van der Waals surface area contributed by atoms with Gasteiger partial charge in [0.15, 0.2) is 0 Å². The van der Waals surface area contributed by atoms with Gasteiger partial charge in [0.25, 0.3) is 0 Å². The Morgan fingerprint density at radius 2 is 2.10 bits per heavy atom. The van der Waals surface area contributed by atoms with E-state index in [0.717, 1.165) is 30.9 Å². The van der Waals surface area contributed by atoms with Gasteiger partial charge >= 0.3 is 0 Å². The molecule has 0 spiro atoms. The predicted molar refractivity (Wildman–Crippen MR) is 80.6 cm³/mol. The van der Waals surface area contributed by atoms with Gasteiger partial charge in [0.05, 0.1) is 18.7 Å². The maximum Gasteiger partial charge on any atom is 0.123 e. The Balaban J connectivity index is 2.11. The van der Waals surface area contributed by atoms with Crippen LogP contribution < -0.4 is 4.74 Å². The van der Waals surface area contributed by atoms with Crippen molar-refractivity contribution in [2.45, 2.75) is 39.7 Å². The number of hydrogen-bond donors (Lipinski definition) is 0. The van der Waals surface area contributed by atoms with Crippen LogP contribution in [0.25, 0.3) is 0 Å². The van der Waals surface area contributed by atoms with Crippen molar-refractivity contribution in [3.63, 3.8) is 0 Å². The van der Waals surface area contributed by atoms with E-state index in [0.29, 0.717) is 11.0 Å². The average molecular weight is 272 g/mol. The molecular formula is C17H24N2O. The van der Waals surface area contributed by atoms with E-state index in [-0.39, 0.29) is 0 Å². The van der Waals surface area contributed by atoms with Crippen molar-refractivity contribution in [2.75, 3.05) is 20.2 Å². The van der Waals surface area contributed by atoms with Gasteiger partial charge in [0, 0.05) is 12.1 Å². The molecule has 1 saturated heterocycles. The second-order valence-corrected chi connectivity index (χ2v) is 6.43. The zero-order valence-corrected chi connectivity index (χ0v) is 12.8. The van der Waals surface area contributed by atoms with Crippen LogP contribution in [0.2, 0.25) is 0 Å². The number of methoxy groups -OCH3 is 1. The van der Waals surface area contributed by atoms with Gasteiger partial charge in [-0.15, -0.1) is 0 Å². The maximum atomic E-state index is 9.04. The summed E-state index contributed by atoms with van der Waals surface area (Å²) in [7, 11) is 1.69. The van der Waals surface area contributed by atoms with Crippen LogP contribution in [0.5, 0.6) is 5.75 Å². The normalized spacial score (nSPS) is 19.1. The van der Waals surface area contributed by atoms with E-state index < -0.39 is 0 Å². The molecule has 3 heteroatoms. The smallest absolute Gasteiger partial charge is 0.123 e. The number of likely N-dealkylation sites (tertiary alicyclic amines) is 1. The first-order valence-electron chi connectivity index (χ1n) is 7.33. The molecule has 1 aliphatic rings. The van der Waals surface area contributed by atoms with E-state index >= 15 is 0 Å². The van der Waals surface area contributed by atoms with Crippen molar-refractivity contribution in [2.24, 2.45) is 5.41 Å². The van der Waals surface area contributed by atoms with E-state index in [1.165, 1.54) is 19.3 Å². The first-order chi connectivity index (χ1) is 9.54. The Morgan fingerprint density at radius 1 is 1.30 bits per heavy atom. The van der Waals surface area contributed by atoms with Gasteiger partial charge in [-0.05, 0) is 56.0 Å². The molecule has 1 heterocycles. The molecule has 0 aliphatic carbocycles. The van der Waals surface area contributed by atoms with E-state index in [4.69, 9.17) is 10.00 Å². The lowest BCUT2D eigenvalue weighted by atomic mass is 9.85. The van der Waals surface area contributed by atoms with Crippen LogP contribution >= 0.6 is 0 Å². The van der Waals surface area contributed by atoms with Gasteiger partial charge in [-0.25, -0.2) is 0 Å². The molecular weight excluding hydrogens is 248 g/mol. The highest BCUT2D eigenvalue weighted by atomic mass is 16.5. The molecule has 0 unspecified atom stereocenters. The fourth-order valence-corrected chi connectivity index (χ4v) is 2.85. The Hall–Kier alpha value is -1.53. The van der Waals surface area contributed by atoms with E-state index in [2.05, 4.69) is 24.8 Å². The van der Waals surface area contributed by atoms with Crippen molar-refractivity contribution in [3.05, 3.63) is 29.3 Å². The largest absolute Gasteiger partial charge is 0.496 e. The number of nitrogens with zero attached hydrogens (tertiary/aromatic N) is 2. The summed E-state index contributed by atoms with van der Waals surface area (Å²) in [5, 5.41) is 9.04. The number of ether oxygens (including phenoxy) is 1. The summed E-state index contributed by atoms with van der Waals surface area (Å²) in [5.74, 6) is 0.882. The van der Waals surface area contributed by atoms with Gasteiger partial charge < -0.3 is 4.74 Å². The molecule has 3 nitrogen and oxygen atoms in total. The number of nitriles is 1. The topological polar surface area (TPSA) is 36.3 Å². The van der Waals surface area contributed by atoms with Gasteiger partial charge in [0.1, 0.15) is 5.75 Å². The maximum absolute atomic E-state index is 9.04. The Kier molecular flexibility index (Phi) is 4.67. The zero-order chi connectivity index (χ0) is 14.6. The van der Waals surface area contributed by atoms with Gasteiger partial charge in [-0.3, -0.25) is 4.90 Å². The van der Waals surface area contributed by atoms with Gasteiger partial charge in [0.2, 0.25) is 0 Å². The first kappa shape index (κ1) is 14.9. The fourth-order valence-electron chi connectivity index (χ4n) is 2.85. The molecule has 2 rings (SSSR count). The lowest BCUT2D eigenvalue weighted by Gasteiger charge is -2.24. The van der Waals surface area contributed by atoms with Gasteiger partial charge in [-0.2, -0.15) is 5.26 Å². The van der Waals surface area contributed by atoms with Gasteiger partial charge in [-0.1, -0.05) is 13.8 Å². The third kappa shape index (κ3) is 3.74.